The molecule has 0 amide bonds. The van der Waals surface area contributed by atoms with E-state index in [1.165, 1.54) is 6.08 Å². The molecule has 0 spiro atoms. The van der Waals surface area contributed by atoms with Gasteiger partial charge in [0.05, 0.1) is 42.7 Å². The molecule has 320 valence electrons. The highest BCUT2D eigenvalue weighted by molar-refractivity contribution is 5.82. The Bertz CT molecular complexity index is 1570. The second-order valence-electron chi connectivity index (χ2n) is 17.0. The van der Waals surface area contributed by atoms with Crippen LogP contribution < -0.4 is 0 Å². The number of hydrogen-bond donors (Lipinski definition) is 3. The predicted molar refractivity (Wildman–Crippen MR) is 225 cm³/mol. The van der Waals surface area contributed by atoms with Crippen molar-refractivity contribution in [3.63, 3.8) is 0 Å². The Labute approximate surface area is 346 Å². The molecular weight excluding hydrogens is 737 g/mol. The Morgan fingerprint density at radius 2 is 1.52 bits per heavy atom. The molecule has 58 heavy (non-hydrogen) atoms. The van der Waals surface area contributed by atoms with Crippen LogP contribution >= 0.6 is 0 Å². The van der Waals surface area contributed by atoms with E-state index in [-0.39, 0.29) is 66.6 Å². The summed E-state index contributed by atoms with van der Waals surface area (Å²) in [5, 5.41) is 32.8. The van der Waals surface area contributed by atoms with Crippen molar-refractivity contribution < 1.29 is 48.6 Å². The van der Waals surface area contributed by atoms with Crippen LogP contribution in [0, 0.1) is 17.8 Å². The maximum atomic E-state index is 13.0. The molecule has 0 saturated carbocycles. The maximum absolute atomic E-state index is 13.0. The smallest absolute Gasteiger partial charge is 0.331 e. The van der Waals surface area contributed by atoms with E-state index in [9.17, 15) is 24.9 Å². The lowest BCUT2D eigenvalue weighted by Gasteiger charge is -2.40. The number of hydrogen-bond acceptors (Lipinski definition) is 10. The van der Waals surface area contributed by atoms with E-state index in [0.29, 0.717) is 25.7 Å². The fraction of sp³-hybridized carbons (Fsp3) is 0.625. The van der Waals surface area contributed by atoms with Crippen LogP contribution in [0.15, 0.2) is 96.7 Å². The molecule has 15 atom stereocenters. The van der Waals surface area contributed by atoms with Crippen LogP contribution in [-0.2, 0) is 33.3 Å². The zero-order valence-electron chi connectivity index (χ0n) is 35.1. The van der Waals surface area contributed by atoms with Crippen LogP contribution in [0.1, 0.15) is 98.8 Å². The highest BCUT2D eigenvalue weighted by Crippen LogP contribution is 2.38. The molecule has 0 aromatic carbocycles. The van der Waals surface area contributed by atoms with Gasteiger partial charge in [0.25, 0.3) is 0 Å². The lowest BCUT2D eigenvalue weighted by molar-refractivity contribution is -0.175. The summed E-state index contributed by atoms with van der Waals surface area (Å²) in [4.78, 5) is 24.4. The third-order valence-electron chi connectivity index (χ3n) is 12.1. The molecule has 3 saturated heterocycles. The SMILES string of the molecule is CC(=O)CCCC[C@@H](C)/C=C(\C)C1OC2C=CC1OC(=O)\C=C/C=C\C=C\[C@H]1OC3CC1O[C@@H](/C=C/C[C@H]1O[C@H](C[C@H](O)[C@H]1C)[C@@H](O)[C@@H](O)/C=C/CC/C=C/C2)C3C. The first-order chi connectivity index (χ1) is 27.9. The maximum Gasteiger partial charge on any atom is 0.331 e. The number of esters is 1. The molecule has 6 heterocycles. The highest BCUT2D eigenvalue weighted by Gasteiger charge is 2.45. The first-order valence-electron chi connectivity index (χ1n) is 21.6. The van der Waals surface area contributed by atoms with Crippen molar-refractivity contribution in [2.45, 2.75) is 172 Å². The van der Waals surface area contributed by atoms with E-state index in [1.807, 2.05) is 56.4 Å². The lowest BCUT2D eigenvalue weighted by Crippen LogP contribution is -2.50. The lowest BCUT2D eigenvalue weighted by atomic mass is 9.85. The van der Waals surface area contributed by atoms with E-state index >= 15 is 0 Å². The summed E-state index contributed by atoms with van der Waals surface area (Å²) < 4.78 is 31.6. The molecule has 0 aromatic heterocycles. The summed E-state index contributed by atoms with van der Waals surface area (Å²) >= 11 is 0. The number of allylic oxidation sites excluding steroid dienone is 7. The summed E-state index contributed by atoms with van der Waals surface area (Å²) in [7, 11) is 0. The highest BCUT2D eigenvalue weighted by atomic mass is 16.6. The molecular formula is C48H68O10. The van der Waals surface area contributed by atoms with Gasteiger partial charge in [-0.3, -0.25) is 0 Å². The van der Waals surface area contributed by atoms with Gasteiger partial charge in [-0.15, -0.1) is 0 Å². The second-order valence-corrected chi connectivity index (χ2v) is 17.0. The zero-order chi connectivity index (χ0) is 41.6. The molecule has 10 nitrogen and oxygen atoms in total. The number of ether oxygens (including phenoxy) is 5. The van der Waals surface area contributed by atoms with E-state index in [0.717, 1.165) is 37.7 Å². The van der Waals surface area contributed by atoms with Gasteiger partial charge >= 0.3 is 5.97 Å². The largest absolute Gasteiger partial charge is 0.452 e. The van der Waals surface area contributed by atoms with Gasteiger partial charge in [0.1, 0.15) is 30.2 Å². The number of unbranched alkanes of at least 4 members (excludes halogenated alkanes) is 1. The Kier molecular flexibility index (Phi) is 18.2. The number of Topliss-reactive ketones (excluding diaryl/α,β-unsaturated/α-hetero) is 1. The molecule has 6 rings (SSSR count). The van der Waals surface area contributed by atoms with E-state index in [4.69, 9.17) is 23.7 Å². The fourth-order valence-electron chi connectivity index (χ4n) is 8.48. The molecule has 3 fully saturated rings. The molecule has 6 aliphatic rings. The number of ketones is 1. The van der Waals surface area contributed by atoms with E-state index in [2.05, 4.69) is 38.2 Å². The zero-order valence-corrected chi connectivity index (χ0v) is 35.1. The Balaban J connectivity index is 1.29. The van der Waals surface area contributed by atoms with Gasteiger partial charge in [-0.25, -0.2) is 4.79 Å². The van der Waals surface area contributed by atoms with Gasteiger partial charge < -0.3 is 43.8 Å². The second kappa shape index (κ2) is 23.0. The average molecular weight is 805 g/mol. The molecule has 6 aliphatic heterocycles. The quantitative estimate of drug-likeness (QED) is 0.136. The van der Waals surface area contributed by atoms with Gasteiger partial charge in [0, 0.05) is 37.2 Å². The van der Waals surface area contributed by atoms with Crippen molar-refractivity contribution in [3.05, 3.63) is 96.7 Å². The van der Waals surface area contributed by atoms with E-state index in [1.54, 1.807) is 25.2 Å². The number of carbonyl (C=O) groups is 2. The first-order valence-corrected chi connectivity index (χ1v) is 21.6. The van der Waals surface area contributed by atoms with Gasteiger partial charge in [0.2, 0.25) is 0 Å². The number of aliphatic hydroxyl groups is 3. The third kappa shape index (κ3) is 13.7. The molecule has 0 aromatic rings. The average Bonchev–Trinajstić information content (AvgIpc) is 3.54. The van der Waals surface area contributed by atoms with Crippen LogP contribution in [0.2, 0.25) is 0 Å². The van der Waals surface area contributed by atoms with Crippen LogP contribution in [-0.4, -0.2) is 100 Å². The topological polar surface area (TPSA) is 141 Å². The molecule has 0 radical (unpaired) electrons. The van der Waals surface area contributed by atoms with Crippen molar-refractivity contribution in [3.8, 4) is 0 Å². The minimum absolute atomic E-state index is 0.0591. The summed E-state index contributed by atoms with van der Waals surface area (Å²) in [6.45, 7) is 9.89. The summed E-state index contributed by atoms with van der Waals surface area (Å²) in [5.41, 5.74) is 0.995. The van der Waals surface area contributed by atoms with Crippen molar-refractivity contribution >= 4 is 11.8 Å². The van der Waals surface area contributed by atoms with Gasteiger partial charge in [-0.2, -0.15) is 0 Å². The monoisotopic (exact) mass is 804 g/mol. The van der Waals surface area contributed by atoms with Crippen molar-refractivity contribution in [2.24, 2.45) is 17.8 Å². The molecule has 0 aliphatic carbocycles. The molecule has 10 heteroatoms. The normalized spacial score (nSPS) is 41.7. The Morgan fingerprint density at radius 3 is 2.33 bits per heavy atom. The number of fused-ring (bicyclic) bond motifs is 13. The molecule has 6 unspecified atom stereocenters. The summed E-state index contributed by atoms with van der Waals surface area (Å²) in [5.74, 6) is 0.0340. The van der Waals surface area contributed by atoms with Crippen LogP contribution in [0.25, 0.3) is 0 Å². The summed E-state index contributed by atoms with van der Waals surface area (Å²) in [6.07, 6.45) is 29.8. The standard InChI is InChI=1S/C48H68O10/c1-31(18-15-16-19-33(3)49)28-32(2)48-42-27-26-36(54-48)20-11-7-6-8-12-21-37(50)47(53)45-29-38(51)34(4)39(56-45)23-17-24-40-35(5)43-30-44(55-40)41(57-43)22-13-9-10-14-25-46(52)58-42/h7,9-14,17,21-22,24-28,31,34-45,47-48,50-51,53H,6,8,15-16,18-20,23,29-30H2,1-5H3/b10-9-,11-7+,21-12+,22-13+,24-17+,25-14-,32-28+/t31-,34-,35?,36?,37+,38+,39-,40+,41-,42?,43?,44?,45-,47+,48?/m1/s1. The molecule has 3 N–H and O–H groups in total. The first kappa shape index (κ1) is 45.9. The molecule has 7 bridgehead atoms. The number of aliphatic hydroxyl groups excluding tert-OH is 3. The van der Waals surface area contributed by atoms with Crippen molar-refractivity contribution in [2.75, 3.05) is 0 Å². The van der Waals surface area contributed by atoms with Crippen molar-refractivity contribution in [1.82, 2.24) is 0 Å². The third-order valence-corrected chi connectivity index (χ3v) is 12.1. The number of rotatable bonds is 7. The minimum atomic E-state index is -1.17. The number of carbonyl (C=O) groups excluding carboxylic acids is 2. The fourth-order valence-corrected chi connectivity index (χ4v) is 8.48. The Hall–Kier alpha value is -3.22. The van der Waals surface area contributed by atoms with Gasteiger partial charge in [-0.05, 0) is 69.9 Å². The van der Waals surface area contributed by atoms with Crippen LogP contribution in [0.3, 0.4) is 0 Å². The Morgan fingerprint density at radius 1 is 0.741 bits per heavy atom. The summed E-state index contributed by atoms with van der Waals surface area (Å²) in [6, 6.07) is 0. The predicted octanol–water partition coefficient (Wildman–Crippen LogP) is 7.30. The van der Waals surface area contributed by atoms with Crippen LogP contribution in [0.4, 0.5) is 0 Å². The van der Waals surface area contributed by atoms with Crippen molar-refractivity contribution in [1.29, 1.82) is 0 Å². The van der Waals surface area contributed by atoms with Gasteiger partial charge in [-0.1, -0.05) is 106 Å². The van der Waals surface area contributed by atoms with Gasteiger partial charge in [0.15, 0.2) is 6.10 Å². The van der Waals surface area contributed by atoms with Crippen LogP contribution in [0.5, 0.6) is 0 Å². The minimum Gasteiger partial charge on any atom is -0.452 e. The van der Waals surface area contributed by atoms with E-state index < -0.39 is 42.6 Å².